The van der Waals surface area contributed by atoms with Gasteiger partial charge in [0.1, 0.15) is 0 Å². The van der Waals surface area contributed by atoms with Crippen LogP contribution in [0.5, 0.6) is 0 Å². The van der Waals surface area contributed by atoms with Crippen molar-refractivity contribution in [2.24, 2.45) is 11.8 Å². The summed E-state index contributed by atoms with van der Waals surface area (Å²) >= 11 is 0. The highest BCUT2D eigenvalue weighted by Gasteiger charge is 2.45. The molecule has 0 aromatic heterocycles. The zero-order chi connectivity index (χ0) is 36.8. The number of anilines is 2. The molecule has 0 saturated carbocycles. The van der Waals surface area contributed by atoms with Crippen LogP contribution >= 0.6 is 0 Å². The molecule has 1 heteroatoms. The quantitative estimate of drug-likeness (QED) is 0.160. The molecule has 0 fully saturated rings. The van der Waals surface area contributed by atoms with E-state index in [2.05, 4.69) is 221 Å². The molecule has 0 N–H and O–H groups in total. The molecule has 4 unspecified atom stereocenters. The molecule has 3 aliphatic rings. The molecule has 4 atom stereocenters. The van der Waals surface area contributed by atoms with Gasteiger partial charge in [0, 0.05) is 28.9 Å². The second-order valence-corrected chi connectivity index (χ2v) is 15.9. The van der Waals surface area contributed by atoms with Crippen LogP contribution in [0.1, 0.15) is 54.9 Å². The molecular formula is C53H47N. The van der Waals surface area contributed by atoms with E-state index in [0.717, 1.165) is 11.4 Å². The summed E-state index contributed by atoms with van der Waals surface area (Å²) in [6, 6.07) is 53.9. The van der Waals surface area contributed by atoms with E-state index in [9.17, 15) is 0 Å². The lowest BCUT2D eigenvalue weighted by Crippen LogP contribution is -2.27. The van der Waals surface area contributed by atoms with Crippen LogP contribution in [0.15, 0.2) is 194 Å². The van der Waals surface area contributed by atoms with Gasteiger partial charge in [0.2, 0.25) is 0 Å². The van der Waals surface area contributed by atoms with Gasteiger partial charge >= 0.3 is 0 Å². The summed E-state index contributed by atoms with van der Waals surface area (Å²) in [7, 11) is 0. The number of allylic oxidation sites excluding steroid dienone is 7. The molecule has 0 aliphatic heterocycles. The largest absolute Gasteiger partial charge is 0.311 e. The first kappa shape index (κ1) is 33.9. The number of hydrogen-bond acceptors (Lipinski definition) is 1. The highest BCUT2D eigenvalue weighted by Crippen LogP contribution is 2.54. The predicted octanol–water partition coefficient (Wildman–Crippen LogP) is 14.1. The molecule has 0 amide bonds. The molecule has 3 aliphatic carbocycles. The van der Waals surface area contributed by atoms with E-state index in [-0.39, 0.29) is 5.41 Å². The average molecular weight is 698 g/mol. The minimum Gasteiger partial charge on any atom is -0.311 e. The fourth-order valence-electron chi connectivity index (χ4n) is 9.21. The minimum absolute atomic E-state index is 0.0639. The van der Waals surface area contributed by atoms with Crippen LogP contribution in [-0.2, 0) is 5.41 Å². The van der Waals surface area contributed by atoms with E-state index in [0.29, 0.717) is 23.7 Å². The van der Waals surface area contributed by atoms with Crippen molar-refractivity contribution in [3.8, 4) is 33.4 Å². The summed E-state index contributed by atoms with van der Waals surface area (Å²) in [5.74, 6) is 1.58. The maximum absolute atomic E-state index is 2.53. The number of benzene rings is 6. The Hall–Kier alpha value is -5.92. The summed E-state index contributed by atoms with van der Waals surface area (Å²) < 4.78 is 0. The third kappa shape index (κ3) is 6.08. The van der Waals surface area contributed by atoms with Gasteiger partial charge in [-0.15, -0.1) is 0 Å². The zero-order valence-electron chi connectivity index (χ0n) is 31.7. The SMILES string of the molecule is Cc1ccc(-c2ccc(N(C3=CC4c5ccccc5C(C)(C)C4C=C3)c3cc(-c4ccccc4)cc(-c4ccccc4)c3)cc2)cc1C1C=CC=CC1C. The smallest absolute Gasteiger partial charge is 0.0473 e. The van der Waals surface area contributed by atoms with Crippen molar-refractivity contribution in [2.45, 2.75) is 44.9 Å². The molecule has 6 aromatic carbocycles. The second-order valence-electron chi connectivity index (χ2n) is 15.9. The second kappa shape index (κ2) is 13.8. The molecule has 0 bridgehead atoms. The standard InChI is InChI=1S/C53H47N/c1-36-15-11-12-20-47(36)49-34-41(24-23-37(49)2)40-25-27-44(28-26-40)54(45-29-30-52-50(35-45)48-21-13-14-22-51(48)53(52,3)4)46-32-42(38-16-7-5-8-17-38)31-43(33-46)39-18-9-6-10-19-39/h5-36,47,50,52H,1-4H3. The van der Waals surface area contributed by atoms with Crippen molar-refractivity contribution in [3.63, 3.8) is 0 Å². The van der Waals surface area contributed by atoms with Crippen LogP contribution in [-0.4, -0.2) is 0 Å². The molecule has 0 saturated heterocycles. The van der Waals surface area contributed by atoms with Gasteiger partial charge in [-0.05, 0) is 116 Å². The number of rotatable bonds is 7. The Morgan fingerprint density at radius 3 is 1.80 bits per heavy atom. The van der Waals surface area contributed by atoms with Gasteiger partial charge in [-0.2, -0.15) is 0 Å². The molecule has 0 heterocycles. The maximum atomic E-state index is 2.53. The van der Waals surface area contributed by atoms with Crippen molar-refractivity contribution in [1.29, 1.82) is 0 Å². The first-order valence-corrected chi connectivity index (χ1v) is 19.5. The normalized spacial score (nSPS) is 20.6. The van der Waals surface area contributed by atoms with Crippen molar-refractivity contribution >= 4 is 11.4 Å². The van der Waals surface area contributed by atoms with Crippen molar-refractivity contribution < 1.29 is 0 Å². The van der Waals surface area contributed by atoms with E-state index in [4.69, 9.17) is 0 Å². The Morgan fingerprint density at radius 2 is 1.11 bits per heavy atom. The number of fused-ring (bicyclic) bond motifs is 3. The molecule has 0 radical (unpaired) electrons. The Bertz CT molecular complexity index is 2380. The molecule has 264 valence electrons. The lowest BCUT2D eigenvalue weighted by atomic mass is 9.74. The zero-order valence-corrected chi connectivity index (χ0v) is 31.7. The third-order valence-corrected chi connectivity index (χ3v) is 12.2. The third-order valence-electron chi connectivity index (χ3n) is 12.2. The van der Waals surface area contributed by atoms with E-state index >= 15 is 0 Å². The molecule has 54 heavy (non-hydrogen) atoms. The van der Waals surface area contributed by atoms with Gasteiger partial charge < -0.3 is 4.90 Å². The maximum Gasteiger partial charge on any atom is 0.0473 e. The minimum atomic E-state index is 0.0639. The molecule has 0 spiro atoms. The van der Waals surface area contributed by atoms with Gasteiger partial charge in [-0.1, -0.05) is 172 Å². The lowest BCUT2D eigenvalue weighted by molar-refractivity contribution is 0.393. The van der Waals surface area contributed by atoms with E-state index < -0.39 is 0 Å². The fraction of sp³-hybridized carbons (Fsp3) is 0.170. The summed E-state index contributed by atoms with van der Waals surface area (Å²) in [5.41, 5.74) is 16.5. The Kier molecular flexibility index (Phi) is 8.67. The van der Waals surface area contributed by atoms with Gasteiger partial charge in [-0.25, -0.2) is 0 Å². The fourth-order valence-corrected chi connectivity index (χ4v) is 9.21. The van der Waals surface area contributed by atoms with E-state index in [1.165, 1.54) is 61.3 Å². The predicted molar refractivity (Wildman–Crippen MR) is 229 cm³/mol. The van der Waals surface area contributed by atoms with Crippen LogP contribution in [0.25, 0.3) is 33.4 Å². The van der Waals surface area contributed by atoms with Crippen LogP contribution in [0.4, 0.5) is 11.4 Å². The molecule has 9 rings (SSSR count). The first-order valence-electron chi connectivity index (χ1n) is 19.5. The Balaban J connectivity index is 1.18. The van der Waals surface area contributed by atoms with Crippen LogP contribution in [0, 0.1) is 18.8 Å². The van der Waals surface area contributed by atoms with Crippen molar-refractivity contribution in [2.75, 3.05) is 4.90 Å². The van der Waals surface area contributed by atoms with Crippen molar-refractivity contribution in [1.82, 2.24) is 0 Å². The van der Waals surface area contributed by atoms with Gasteiger partial charge in [0.05, 0.1) is 0 Å². The highest BCUT2D eigenvalue weighted by molar-refractivity contribution is 5.83. The number of hydrogen-bond donors (Lipinski definition) is 0. The average Bonchev–Trinajstić information content (AvgIpc) is 3.45. The van der Waals surface area contributed by atoms with Crippen LogP contribution in [0.2, 0.25) is 0 Å². The molecule has 1 nitrogen and oxygen atoms in total. The monoisotopic (exact) mass is 697 g/mol. The summed E-state index contributed by atoms with van der Waals surface area (Å²) in [6.45, 7) is 9.37. The van der Waals surface area contributed by atoms with Crippen LogP contribution in [0.3, 0.4) is 0 Å². The van der Waals surface area contributed by atoms with Crippen LogP contribution < -0.4 is 4.90 Å². The summed E-state index contributed by atoms with van der Waals surface area (Å²) in [4.78, 5) is 2.48. The summed E-state index contributed by atoms with van der Waals surface area (Å²) in [6.07, 6.45) is 16.4. The highest BCUT2D eigenvalue weighted by atomic mass is 15.1. The van der Waals surface area contributed by atoms with Crippen molar-refractivity contribution in [3.05, 3.63) is 216 Å². The first-order chi connectivity index (χ1) is 26.3. The Labute approximate surface area is 321 Å². The number of aryl methyl sites for hydroxylation is 1. The number of nitrogens with zero attached hydrogens (tertiary/aromatic N) is 1. The van der Waals surface area contributed by atoms with E-state index in [1.54, 1.807) is 0 Å². The van der Waals surface area contributed by atoms with Gasteiger partial charge in [-0.3, -0.25) is 0 Å². The topological polar surface area (TPSA) is 3.24 Å². The Morgan fingerprint density at radius 1 is 0.500 bits per heavy atom. The molecular weight excluding hydrogens is 651 g/mol. The van der Waals surface area contributed by atoms with Gasteiger partial charge in [0.25, 0.3) is 0 Å². The van der Waals surface area contributed by atoms with Gasteiger partial charge in [0.15, 0.2) is 0 Å². The summed E-state index contributed by atoms with van der Waals surface area (Å²) in [5, 5.41) is 0. The van der Waals surface area contributed by atoms with E-state index in [1.807, 2.05) is 0 Å². The lowest BCUT2D eigenvalue weighted by Gasteiger charge is -2.34. The molecule has 6 aromatic rings.